The van der Waals surface area contributed by atoms with Crippen LogP contribution < -0.4 is 10.6 Å². The first kappa shape index (κ1) is 15.0. The minimum Gasteiger partial charge on any atom is -0.352 e. The maximum Gasteiger partial charge on any atom is 0.239 e. The first-order valence-corrected chi connectivity index (χ1v) is 6.70. The molecule has 104 valence electrons. The Morgan fingerprint density at radius 1 is 1.39 bits per heavy atom. The Labute approximate surface area is 109 Å². The Bertz CT molecular complexity index is 305. The van der Waals surface area contributed by atoms with E-state index in [4.69, 9.17) is 0 Å². The number of rotatable bonds is 4. The average molecular weight is 255 g/mol. The van der Waals surface area contributed by atoms with E-state index in [9.17, 15) is 9.59 Å². The molecule has 2 atom stereocenters. The quantitative estimate of drug-likeness (QED) is 0.769. The van der Waals surface area contributed by atoms with Crippen molar-refractivity contribution in [3.05, 3.63) is 0 Å². The van der Waals surface area contributed by atoms with Gasteiger partial charge >= 0.3 is 0 Å². The number of carbonyl (C=O) groups is 2. The topological polar surface area (TPSA) is 61.4 Å². The van der Waals surface area contributed by atoms with Gasteiger partial charge in [0, 0.05) is 19.1 Å². The van der Waals surface area contributed by atoms with E-state index in [0.717, 1.165) is 19.3 Å². The molecule has 2 N–H and O–H groups in total. The second-order valence-electron chi connectivity index (χ2n) is 5.47. The van der Waals surface area contributed by atoms with Gasteiger partial charge in [0.05, 0.1) is 12.6 Å². The van der Waals surface area contributed by atoms with Crippen molar-refractivity contribution in [2.24, 2.45) is 0 Å². The molecule has 1 heterocycles. The molecule has 0 spiro atoms. The lowest BCUT2D eigenvalue weighted by Crippen LogP contribution is -2.52. The van der Waals surface area contributed by atoms with Crippen LogP contribution >= 0.6 is 0 Å². The van der Waals surface area contributed by atoms with Crippen LogP contribution in [0.3, 0.4) is 0 Å². The average Bonchev–Trinajstić information content (AvgIpc) is 2.26. The molecule has 1 fully saturated rings. The van der Waals surface area contributed by atoms with Crippen LogP contribution in [0.4, 0.5) is 0 Å². The smallest absolute Gasteiger partial charge is 0.239 e. The molecule has 0 aromatic carbocycles. The lowest BCUT2D eigenvalue weighted by atomic mass is 9.99. The number of amides is 2. The first-order valence-electron chi connectivity index (χ1n) is 6.70. The van der Waals surface area contributed by atoms with Crippen LogP contribution in [0.1, 0.15) is 40.0 Å². The van der Waals surface area contributed by atoms with E-state index in [0.29, 0.717) is 6.04 Å². The number of nitrogens with one attached hydrogen (secondary N) is 2. The molecule has 5 nitrogen and oxygen atoms in total. The van der Waals surface area contributed by atoms with Gasteiger partial charge in [-0.05, 0) is 40.0 Å². The number of hydrogen-bond acceptors (Lipinski definition) is 3. The van der Waals surface area contributed by atoms with Crippen molar-refractivity contribution in [1.29, 1.82) is 0 Å². The fourth-order valence-electron chi connectivity index (χ4n) is 2.26. The highest BCUT2D eigenvalue weighted by molar-refractivity contribution is 5.87. The predicted molar refractivity (Wildman–Crippen MR) is 71.2 cm³/mol. The summed E-state index contributed by atoms with van der Waals surface area (Å²) in [6.07, 6.45) is 3.04. The molecule has 0 bridgehead atoms. The van der Waals surface area contributed by atoms with Gasteiger partial charge in [-0.1, -0.05) is 0 Å². The standard InChI is InChI=1S/C13H25N3O2/c1-9(2)14-12(17)8-16(4)13(18)11-7-5-6-10(3)15-11/h9-11,15H,5-8H2,1-4H3,(H,14,17). The van der Waals surface area contributed by atoms with Crippen LogP contribution in [0.25, 0.3) is 0 Å². The van der Waals surface area contributed by atoms with Gasteiger partial charge < -0.3 is 15.5 Å². The van der Waals surface area contributed by atoms with Gasteiger partial charge in [0.2, 0.25) is 11.8 Å². The van der Waals surface area contributed by atoms with Crippen LogP contribution in [0.15, 0.2) is 0 Å². The first-order chi connectivity index (χ1) is 8.40. The molecule has 0 radical (unpaired) electrons. The Kier molecular flexibility index (Phi) is 5.59. The summed E-state index contributed by atoms with van der Waals surface area (Å²) in [6, 6.07) is 0.352. The normalized spacial score (nSPS) is 23.8. The largest absolute Gasteiger partial charge is 0.352 e. The van der Waals surface area contributed by atoms with Crippen molar-refractivity contribution in [3.8, 4) is 0 Å². The highest BCUT2D eigenvalue weighted by Crippen LogP contribution is 2.13. The summed E-state index contributed by atoms with van der Waals surface area (Å²) in [7, 11) is 1.68. The van der Waals surface area contributed by atoms with Crippen molar-refractivity contribution in [2.75, 3.05) is 13.6 Å². The van der Waals surface area contributed by atoms with Crippen molar-refractivity contribution in [2.45, 2.75) is 58.2 Å². The van der Waals surface area contributed by atoms with Gasteiger partial charge in [-0.25, -0.2) is 0 Å². The van der Waals surface area contributed by atoms with Crippen LogP contribution in [-0.4, -0.2) is 48.4 Å². The summed E-state index contributed by atoms with van der Waals surface area (Å²) >= 11 is 0. The third kappa shape index (κ3) is 4.64. The molecule has 2 unspecified atom stereocenters. The van der Waals surface area contributed by atoms with Crippen LogP contribution in [0, 0.1) is 0 Å². The molecule has 0 saturated carbocycles. The molecule has 1 rings (SSSR count). The van der Waals surface area contributed by atoms with E-state index in [1.807, 2.05) is 13.8 Å². The molecule has 0 aromatic rings. The molecular weight excluding hydrogens is 230 g/mol. The third-order valence-corrected chi connectivity index (χ3v) is 3.12. The summed E-state index contributed by atoms with van der Waals surface area (Å²) in [6.45, 7) is 6.03. The minimum atomic E-state index is -0.134. The van der Waals surface area contributed by atoms with Crippen LogP contribution in [-0.2, 0) is 9.59 Å². The van der Waals surface area contributed by atoms with E-state index >= 15 is 0 Å². The minimum absolute atomic E-state index is 0.0143. The Morgan fingerprint density at radius 2 is 2.06 bits per heavy atom. The van der Waals surface area contributed by atoms with Gasteiger partial charge in [-0.3, -0.25) is 9.59 Å². The second-order valence-corrected chi connectivity index (χ2v) is 5.47. The number of likely N-dealkylation sites (N-methyl/N-ethyl adjacent to an activating group) is 1. The molecule has 1 saturated heterocycles. The maximum atomic E-state index is 12.1. The molecule has 0 aliphatic carbocycles. The van der Waals surface area contributed by atoms with Gasteiger partial charge in [0.25, 0.3) is 0 Å². The Balaban J connectivity index is 2.43. The number of hydrogen-bond donors (Lipinski definition) is 2. The van der Waals surface area contributed by atoms with E-state index in [1.165, 1.54) is 4.90 Å². The van der Waals surface area contributed by atoms with Gasteiger partial charge in [0.15, 0.2) is 0 Å². The zero-order valence-corrected chi connectivity index (χ0v) is 11.8. The number of nitrogens with zero attached hydrogens (tertiary/aromatic N) is 1. The van der Waals surface area contributed by atoms with Gasteiger partial charge in [-0.2, -0.15) is 0 Å². The molecule has 18 heavy (non-hydrogen) atoms. The van der Waals surface area contributed by atoms with Crippen molar-refractivity contribution in [3.63, 3.8) is 0 Å². The predicted octanol–water partition coefficient (Wildman–Crippen LogP) is 0.500. The van der Waals surface area contributed by atoms with Crippen molar-refractivity contribution < 1.29 is 9.59 Å². The molecule has 0 aromatic heterocycles. The van der Waals surface area contributed by atoms with Gasteiger partial charge in [-0.15, -0.1) is 0 Å². The van der Waals surface area contributed by atoms with E-state index in [1.54, 1.807) is 7.05 Å². The Morgan fingerprint density at radius 3 is 2.61 bits per heavy atom. The zero-order chi connectivity index (χ0) is 13.7. The molecule has 5 heteroatoms. The fraction of sp³-hybridized carbons (Fsp3) is 0.846. The summed E-state index contributed by atoms with van der Waals surface area (Å²) in [5, 5.41) is 6.08. The molecule has 2 amide bonds. The monoisotopic (exact) mass is 255 g/mol. The lowest BCUT2D eigenvalue weighted by molar-refractivity contribution is -0.137. The molecular formula is C13H25N3O2. The summed E-state index contributed by atoms with van der Waals surface area (Å²) in [5.41, 5.74) is 0. The molecule has 1 aliphatic heterocycles. The second kappa shape index (κ2) is 6.73. The van der Waals surface area contributed by atoms with Crippen LogP contribution in [0.5, 0.6) is 0 Å². The third-order valence-electron chi connectivity index (χ3n) is 3.12. The summed E-state index contributed by atoms with van der Waals surface area (Å²) in [5.74, 6) is -0.0924. The fourth-order valence-corrected chi connectivity index (χ4v) is 2.26. The lowest BCUT2D eigenvalue weighted by Gasteiger charge is -2.30. The van der Waals surface area contributed by atoms with E-state index < -0.39 is 0 Å². The highest BCUT2D eigenvalue weighted by atomic mass is 16.2. The van der Waals surface area contributed by atoms with E-state index in [-0.39, 0.29) is 30.4 Å². The summed E-state index contributed by atoms with van der Waals surface area (Å²) in [4.78, 5) is 25.2. The number of carbonyl (C=O) groups excluding carboxylic acids is 2. The van der Waals surface area contributed by atoms with E-state index in [2.05, 4.69) is 17.6 Å². The zero-order valence-electron chi connectivity index (χ0n) is 11.8. The van der Waals surface area contributed by atoms with Crippen molar-refractivity contribution in [1.82, 2.24) is 15.5 Å². The SMILES string of the molecule is CC(C)NC(=O)CN(C)C(=O)C1CCCC(C)N1. The van der Waals surface area contributed by atoms with Crippen LogP contribution in [0.2, 0.25) is 0 Å². The highest BCUT2D eigenvalue weighted by Gasteiger charge is 2.27. The van der Waals surface area contributed by atoms with Gasteiger partial charge in [0.1, 0.15) is 0 Å². The summed E-state index contributed by atoms with van der Waals surface area (Å²) < 4.78 is 0. The van der Waals surface area contributed by atoms with Crippen molar-refractivity contribution >= 4 is 11.8 Å². The Hall–Kier alpha value is -1.10. The maximum absolute atomic E-state index is 12.1. The molecule has 1 aliphatic rings. The number of piperidine rings is 1.